The van der Waals surface area contributed by atoms with Crippen molar-refractivity contribution in [3.8, 4) is 0 Å². The molecule has 0 saturated carbocycles. The Morgan fingerprint density at radius 3 is 2.50 bits per heavy atom. The second kappa shape index (κ2) is 5.07. The topological polar surface area (TPSA) is 77.2 Å². The molecule has 1 aromatic rings. The van der Waals surface area contributed by atoms with E-state index >= 15 is 0 Å². The average Bonchev–Trinajstić information content (AvgIpc) is 2.26. The molecule has 0 heterocycles. The van der Waals surface area contributed by atoms with Crippen molar-refractivity contribution in [1.82, 2.24) is 0 Å². The molecule has 0 bridgehead atoms. The van der Waals surface area contributed by atoms with Crippen LogP contribution in [0.4, 0.5) is 0 Å². The van der Waals surface area contributed by atoms with Crippen LogP contribution in [0.1, 0.15) is 22.8 Å². The van der Waals surface area contributed by atoms with Crippen molar-refractivity contribution in [2.45, 2.75) is 18.2 Å². The van der Waals surface area contributed by atoms with Crippen LogP contribution in [0, 0.1) is 0 Å². The molecule has 0 fully saturated rings. The zero-order valence-corrected chi connectivity index (χ0v) is 11.1. The van der Waals surface area contributed by atoms with Gasteiger partial charge in [-0.15, -0.1) is 0 Å². The Hall–Kier alpha value is -0.720. The second-order valence-corrected chi connectivity index (χ2v) is 5.37. The molecule has 1 rings (SSSR count). The zero-order valence-electron chi connectivity index (χ0n) is 8.73. The molecule has 6 heteroatoms. The number of Topliss-reactive ketones (excluding diaryl/α,β-unsaturated/α-hetero) is 1. The number of carbonyl (C=O) groups excluding carboxylic acids is 1. The standard InChI is InChI=1S/C10H12BrNO3S/c1-2-7-3-4-8(9(13)6-11)5-10(7)16(12,14)15/h3-5H,2,6H2,1H3,(H2,12,14,15). The summed E-state index contributed by atoms with van der Waals surface area (Å²) in [7, 11) is -3.78. The summed E-state index contributed by atoms with van der Waals surface area (Å²) in [6, 6.07) is 4.56. The van der Waals surface area contributed by atoms with Crippen LogP contribution in [0.3, 0.4) is 0 Å². The van der Waals surface area contributed by atoms with Crippen molar-refractivity contribution >= 4 is 31.7 Å². The van der Waals surface area contributed by atoms with E-state index in [1.807, 2.05) is 6.92 Å². The lowest BCUT2D eigenvalue weighted by Gasteiger charge is -2.07. The first-order chi connectivity index (χ1) is 7.40. The minimum atomic E-state index is -3.78. The van der Waals surface area contributed by atoms with Crippen molar-refractivity contribution in [2.75, 3.05) is 5.33 Å². The molecule has 0 saturated heterocycles. The summed E-state index contributed by atoms with van der Waals surface area (Å²) in [6.45, 7) is 1.83. The molecule has 0 aliphatic rings. The lowest BCUT2D eigenvalue weighted by Crippen LogP contribution is -2.15. The van der Waals surface area contributed by atoms with Gasteiger partial charge in [0, 0.05) is 5.56 Å². The molecule has 0 spiro atoms. The predicted octanol–water partition coefficient (Wildman–Crippen LogP) is 1.47. The van der Waals surface area contributed by atoms with E-state index in [1.54, 1.807) is 12.1 Å². The predicted molar refractivity (Wildman–Crippen MR) is 65.3 cm³/mol. The number of benzene rings is 1. The van der Waals surface area contributed by atoms with E-state index in [4.69, 9.17) is 5.14 Å². The lowest BCUT2D eigenvalue weighted by molar-refractivity contribution is 0.102. The van der Waals surface area contributed by atoms with Gasteiger partial charge in [-0.3, -0.25) is 4.79 Å². The molecule has 0 atom stereocenters. The van der Waals surface area contributed by atoms with Gasteiger partial charge >= 0.3 is 0 Å². The number of primary sulfonamides is 1. The number of hydrogen-bond acceptors (Lipinski definition) is 3. The number of nitrogens with two attached hydrogens (primary N) is 1. The van der Waals surface area contributed by atoms with Crippen molar-refractivity contribution in [3.63, 3.8) is 0 Å². The highest BCUT2D eigenvalue weighted by Gasteiger charge is 2.15. The fraction of sp³-hybridized carbons (Fsp3) is 0.300. The highest BCUT2D eigenvalue weighted by atomic mass is 79.9. The maximum absolute atomic E-state index is 11.4. The summed E-state index contributed by atoms with van der Waals surface area (Å²) in [5.74, 6) is -0.174. The third kappa shape index (κ3) is 2.90. The zero-order chi connectivity index (χ0) is 12.3. The van der Waals surface area contributed by atoms with Gasteiger partial charge in [0.2, 0.25) is 10.0 Å². The van der Waals surface area contributed by atoms with E-state index in [-0.39, 0.29) is 16.0 Å². The highest BCUT2D eigenvalue weighted by Crippen LogP contribution is 2.18. The number of rotatable bonds is 4. The number of alkyl halides is 1. The minimum absolute atomic E-state index is 0.0294. The normalized spacial score (nSPS) is 11.4. The average molecular weight is 306 g/mol. The molecule has 2 N–H and O–H groups in total. The molecular formula is C10H12BrNO3S. The van der Waals surface area contributed by atoms with Gasteiger partial charge < -0.3 is 0 Å². The number of halogens is 1. The summed E-state index contributed by atoms with van der Waals surface area (Å²) in [6.07, 6.45) is 0.550. The third-order valence-electron chi connectivity index (χ3n) is 2.20. The highest BCUT2D eigenvalue weighted by molar-refractivity contribution is 9.09. The van der Waals surface area contributed by atoms with Crippen LogP contribution in [0.2, 0.25) is 0 Å². The van der Waals surface area contributed by atoms with Crippen molar-refractivity contribution in [3.05, 3.63) is 29.3 Å². The van der Waals surface area contributed by atoms with Crippen LogP contribution in [0.15, 0.2) is 23.1 Å². The van der Waals surface area contributed by atoms with Crippen LogP contribution >= 0.6 is 15.9 Å². The summed E-state index contributed by atoms with van der Waals surface area (Å²) in [5.41, 5.74) is 0.965. The fourth-order valence-electron chi connectivity index (χ4n) is 1.36. The summed E-state index contributed by atoms with van der Waals surface area (Å²) >= 11 is 3.03. The fourth-order valence-corrected chi connectivity index (χ4v) is 2.55. The molecule has 0 unspecified atom stereocenters. The third-order valence-corrected chi connectivity index (χ3v) is 3.70. The number of aryl methyl sites for hydroxylation is 1. The van der Waals surface area contributed by atoms with E-state index < -0.39 is 10.0 Å². The molecule has 0 amide bonds. The lowest BCUT2D eigenvalue weighted by atomic mass is 10.1. The maximum Gasteiger partial charge on any atom is 0.238 e. The molecule has 0 aromatic heterocycles. The van der Waals surface area contributed by atoms with Crippen LogP contribution in [-0.4, -0.2) is 19.5 Å². The van der Waals surface area contributed by atoms with Gasteiger partial charge in [-0.25, -0.2) is 13.6 Å². The minimum Gasteiger partial charge on any atom is -0.293 e. The molecule has 1 aromatic carbocycles. The Morgan fingerprint density at radius 2 is 2.06 bits per heavy atom. The SMILES string of the molecule is CCc1ccc(C(=O)CBr)cc1S(N)(=O)=O. The Balaban J connectivity index is 3.39. The van der Waals surface area contributed by atoms with Crippen LogP contribution in [0.5, 0.6) is 0 Å². The van der Waals surface area contributed by atoms with E-state index in [2.05, 4.69) is 15.9 Å². The first-order valence-electron chi connectivity index (χ1n) is 4.65. The second-order valence-electron chi connectivity index (χ2n) is 3.28. The van der Waals surface area contributed by atoms with Gasteiger partial charge in [-0.2, -0.15) is 0 Å². The van der Waals surface area contributed by atoms with Gasteiger partial charge in [0.1, 0.15) is 0 Å². The molecule has 16 heavy (non-hydrogen) atoms. The summed E-state index contributed by atoms with van der Waals surface area (Å²) < 4.78 is 22.7. The van der Waals surface area contributed by atoms with E-state index in [9.17, 15) is 13.2 Å². The van der Waals surface area contributed by atoms with E-state index in [0.29, 0.717) is 17.5 Å². The Labute approximate surface area is 103 Å². The van der Waals surface area contributed by atoms with Gasteiger partial charge in [-0.1, -0.05) is 35.0 Å². The van der Waals surface area contributed by atoms with Crippen LogP contribution in [0.25, 0.3) is 0 Å². The van der Waals surface area contributed by atoms with E-state index in [0.717, 1.165) is 0 Å². The van der Waals surface area contributed by atoms with Gasteiger partial charge in [0.25, 0.3) is 0 Å². The van der Waals surface area contributed by atoms with Gasteiger partial charge in [0.15, 0.2) is 5.78 Å². The molecular weight excluding hydrogens is 294 g/mol. The smallest absolute Gasteiger partial charge is 0.238 e. The maximum atomic E-state index is 11.4. The molecule has 0 aliphatic carbocycles. The Morgan fingerprint density at radius 1 is 1.44 bits per heavy atom. The number of carbonyl (C=O) groups is 1. The number of sulfonamides is 1. The van der Waals surface area contributed by atoms with Crippen LogP contribution < -0.4 is 5.14 Å². The van der Waals surface area contributed by atoms with Gasteiger partial charge in [0.05, 0.1) is 10.2 Å². The molecule has 88 valence electrons. The van der Waals surface area contributed by atoms with Crippen molar-refractivity contribution < 1.29 is 13.2 Å². The Bertz CT molecular complexity index is 511. The summed E-state index contributed by atoms with van der Waals surface area (Å²) in [4.78, 5) is 11.4. The molecule has 0 aliphatic heterocycles. The first-order valence-corrected chi connectivity index (χ1v) is 7.31. The molecule has 0 radical (unpaired) electrons. The first kappa shape index (κ1) is 13.3. The summed E-state index contributed by atoms with van der Waals surface area (Å²) in [5, 5.41) is 5.25. The Kier molecular flexibility index (Phi) is 4.23. The number of ketones is 1. The quantitative estimate of drug-likeness (QED) is 0.676. The largest absolute Gasteiger partial charge is 0.293 e. The number of hydrogen-bond donors (Lipinski definition) is 1. The van der Waals surface area contributed by atoms with Crippen LogP contribution in [-0.2, 0) is 16.4 Å². The molecule has 4 nitrogen and oxygen atoms in total. The van der Waals surface area contributed by atoms with Crippen molar-refractivity contribution in [1.29, 1.82) is 0 Å². The van der Waals surface area contributed by atoms with Gasteiger partial charge in [-0.05, 0) is 18.1 Å². The van der Waals surface area contributed by atoms with E-state index in [1.165, 1.54) is 6.07 Å². The monoisotopic (exact) mass is 305 g/mol. The van der Waals surface area contributed by atoms with Crippen molar-refractivity contribution in [2.24, 2.45) is 5.14 Å².